The van der Waals surface area contributed by atoms with Gasteiger partial charge in [0.15, 0.2) is 11.5 Å². The molecular weight excluding hydrogens is 216 g/mol. The second-order valence-corrected chi connectivity index (χ2v) is 4.66. The Morgan fingerprint density at radius 3 is 3.00 bits per heavy atom. The topological polar surface area (TPSA) is 61.3 Å². The summed E-state index contributed by atoms with van der Waals surface area (Å²) in [4.78, 5) is 4.54. The minimum Gasteiger partial charge on any atom is -0.497 e. The molecule has 1 aromatic carbocycles. The number of methoxy groups -OCH3 is 1. The highest BCUT2D eigenvalue weighted by atomic mass is 16.5. The summed E-state index contributed by atoms with van der Waals surface area (Å²) in [6.45, 7) is 0. The maximum atomic E-state index is 5.91. The lowest BCUT2D eigenvalue weighted by Crippen LogP contribution is -2.14. The lowest BCUT2D eigenvalue weighted by Gasteiger charge is -2.02. The Bertz CT molecular complexity index is 535. The highest BCUT2D eigenvalue weighted by Crippen LogP contribution is 2.35. The fraction of sp³-hybridized carbons (Fsp3) is 0.462. The van der Waals surface area contributed by atoms with Gasteiger partial charge in [-0.25, -0.2) is 4.98 Å². The van der Waals surface area contributed by atoms with E-state index >= 15 is 0 Å². The van der Waals surface area contributed by atoms with E-state index in [4.69, 9.17) is 14.9 Å². The molecule has 1 fully saturated rings. The van der Waals surface area contributed by atoms with Gasteiger partial charge in [0.2, 0.25) is 0 Å². The second kappa shape index (κ2) is 4.04. The van der Waals surface area contributed by atoms with Gasteiger partial charge in [-0.15, -0.1) is 0 Å². The molecule has 1 heterocycles. The van der Waals surface area contributed by atoms with Crippen molar-refractivity contribution in [2.45, 2.75) is 31.2 Å². The Hall–Kier alpha value is -1.55. The van der Waals surface area contributed by atoms with Crippen molar-refractivity contribution in [3.05, 3.63) is 24.1 Å². The Kier molecular flexibility index (Phi) is 2.52. The highest BCUT2D eigenvalue weighted by molar-refractivity contribution is 5.74. The smallest absolute Gasteiger partial charge is 0.198 e. The normalized spacial score (nSPS) is 24.4. The first kappa shape index (κ1) is 10.6. The fourth-order valence-electron chi connectivity index (χ4n) is 2.47. The number of hydrogen-bond donors (Lipinski definition) is 1. The SMILES string of the molecule is COc1ccc2oc([C@@H]3CC[C@H](N)C3)nc2c1. The van der Waals surface area contributed by atoms with Gasteiger partial charge in [0.1, 0.15) is 11.3 Å². The van der Waals surface area contributed by atoms with Gasteiger partial charge in [-0.05, 0) is 31.4 Å². The molecule has 2 N–H and O–H groups in total. The standard InChI is InChI=1S/C13H16N2O2/c1-16-10-4-5-12-11(7-10)15-13(17-12)8-2-3-9(14)6-8/h4-5,7-9H,2-3,6,14H2,1H3/t8-,9+/m1/s1. The molecule has 1 aliphatic carbocycles. The first-order valence-electron chi connectivity index (χ1n) is 5.96. The molecule has 4 nitrogen and oxygen atoms in total. The first-order chi connectivity index (χ1) is 8.26. The first-order valence-corrected chi connectivity index (χ1v) is 5.96. The number of hydrogen-bond acceptors (Lipinski definition) is 4. The number of fused-ring (bicyclic) bond motifs is 1. The molecule has 90 valence electrons. The predicted octanol–water partition coefficient (Wildman–Crippen LogP) is 2.43. The minimum atomic E-state index is 0.296. The van der Waals surface area contributed by atoms with E-state index in [1.165, 1.54) is 0 Å². The van der Waals surface area contributed by atoms with E-state index in [0.717, 1.165) is 42.0 Å². The third-order valence-electron chi connectivity index (χ3n) is 3.43. The average molecular weight is 232 g/mol. The van der Waals surface area contributed by atoms with Gasteiger partial charge in [-0.2, -0.15) is 0 Å². The molecule has 2 atom stereocenters. The van der Waals surface area contributed by atoms with E-state index < -0.39 is 0 Å². The van der Waals surface area contributed by atoms with Crippen LogP contribution in [0.2, 0.25) is 0 Å². The third-order valence-corrected chi connectivity index (χ3v) is 3.43. The molecule has 0 spiro atoms. The van der Waals surface area contributed by atoms with Crippen molar-refractivity contribution in [1.29, 1.82) is 0 Å². The summed E-state index contributed by atoms with van der Waals surface area (Å²) in [5.41, 5.74) is 7.59. The molecule has 0 saturated heterocycles. The lowest BCUT2D eigenvalue weighted by molar-refractivity contribution is 0.415. The molecule has 1 aromatic heterocycles. The van der Waals surface area contributed by atoms with Crippen molar-refractivity contribution in [1.82, 2.24) is 4.98 Å². The predicted molar refractivity (Wildman–Crippen MR) is 65.1 cm³/mol. The molecule has 1 saturated carbocycles. The summed E-state index contributed by atoms with van der Waals surface area (Å²) in [5.74, 6) is 2.00. The zero-order chi connectivity index (χ0) is 11.8. The summed E-state index contributed by atoms with van der Waals surface area (Å²) < 4.78 is 10.9. The zero-order valence-electron chi connectivity index (χ0n) is 9.85. The second-order valence-electron chi connectivity index (χ2n) is 4.66. The van der Waals surface area contributed by atoms with Crippen molar-refractivity contribution in [2.75, 3.05) is 7.11 Å². The van der Waals surface area contributed by atoms with Gasteiger partial charge in [0, 0.05) is 18.0 Å². The van der Waals surface area contributed by atoms with Crippen molar-refractivity contribution in [3.8, 4) is 5.75 Å². The molecule has 0 radical (unpaired) electrons. The Balaban J connectivity index is 1.96. The van der Waals surface area contributed by atoms with Crippen LogP contribution in [-0.4, -0.2) is 18.1 Å². The Morgan fingerprint density at radius 2 is 2.29 bits per heavy atom. The third kappa shape index (κ3) is 1.89. The number of nitrogens with zero attached hydrogens (tertiary/aromatic N) is 1. The maximum Gasteiger partial charge on any atom is 0.198 e. The molecule has 2 aromatic rings. The van der Waals surface area contributed by atoms with Crippen molar-refractivity contribution >= 4 is 11.1 Å². The number of rotatable bonds is 2. The highest BCUT2D eigenvalue weighted by Gasteiger charge is 2.27. The summed E-state index contributed by atoms with van der Waals surface area (Å²) in [7, 11) is 1.65. The number of ether oxygens (including phenoxy) is 1. The van der Waals surface area contributed by atoms with Crippen LogP contribution in [0.5, 0.6) is 5.75 Å². The monoisotopic (exact) mass is 232 g/mol. The summed E-state index contributed by atoms with van der Waals surface area (Å²) >= 11 is 0. The molecule has 0 bridgehead atoms. The molecule has 0 amide bonds. The van der Waals surface area contributed by atoms with E-state index in [1.54, 1.807) is 7.11 Å². The van der Waals surface area contributed by atoms with E-state index in [9.17, 15) is 0 Å². The van der Waals surface area contributed by atoms with Crippen molar-refractivity contribution in [2.24, 2.45) is 5.73 Å². The molecule has 4 heteroatoms. The van der Waals surface area contributed by atoms with Crippen molar-refractivity contribution < 1.29 is 9.15 Å². The van der Waals surface area contributed by atoms with Crippen molar-refractivity contribution in [3.63, 3.8) is 0 Å². The van der Waals surface area contributed by atoms with Crippen LogP contribution in [0.4, 0.5) is 0 Å². The van der Waals surface area contributed by atoms with Gasteiger partial charge < -0.3 is 14.9 Å². The van der Waals surface area contributed by atoms with Gasteiger partial charge in [-0.3, -0.25) is 0 Å². The van der Waals surface area contributed by atoms with Gasteiger partial charge >= 0.3 is 0 Å². The lowest BCUT2D eigenvalue weighted by atomic mass is 10.1. The van der Waals surface area contributed by atoms with Crippen LogP contribution in [0.25, 0.3) is 11.1 Å². The van der Waals surface area contributed by atoms with Gasteiger partial charge in [0.05, 0.1) is 7.11 Å². The maximum absolute atomic E-state index is 5.91. The quantitative estimate of drug-likeness (QED) is 0.863. The number of oxazole rings is 1. The summed E-state index contributed by atoms with van der Waals surface area (Å²) in [5, 5.41) is 0. The van der Waals surface area contributed by atoms with Crippen LogP contribution in [0, 0.1) is 0 Å². The van der Waals surface area contributed by atoms with E-state index in [0.29, 0.717) is 12.0 Å². The largest absolute Gasteiger partial charge is 0.497 e. The molecule has 3 rings (SSSR count). The minimum absolute atomic E-state index is 0.296. The summed E-state index contributed by atoms with van der Waals surface area (Å²) in [6.07, 6.45) is 3.11. The van der Waals surface area contributed by atoms with Crippen LogP contribution >= 0.6 is 0 Å². The van der Waals surface area contributed by atoms with E-state index in [-0.39, 0.29) is 0 Å². The van der Waals surface area contributed by atoms with Crippen LogP contribution in [0.15, 0.2) is 22.6 Å². The summed E-state index contributed by atoms with van der Waals surface area (Å²) in [6, 6.07) is 5.98. The van der Waals surface area contributed by atoms with E-state index in [1.807, 2.05) is 18.2 Å². The number of benzene rings is 1. The molecule has 0 aliphatic heterocycles. The Morgan fingerprint density at radius 1 is 1.41 bits per heavy atom. The Labute approximate surface area is 99.8 Å². The fourth-order valence-corrected chi connectivity index (χ4v) is 2.47. The average Bonchev–Trinajstić information content (AvgIpc) is 2.93. The molecular formula is C13H16N2O2. The zero-order valence-corrected chi connectivity index (χ0v) is 9.85. The number of nitrogens with two attached hydrogens (primary N) is 1. The van der Waals surface area contributed by atoms with Crippen LogP contribution in [0.1, 0.15) is 31.1 Å². The van der Waals surface area contributed by atoms with Crippen LogP contribution in [0.3, 0.4) is 0 Å². The van der Waals surface area contributed by atoms with E-state index in [2.05, 4.69) is 4.98 Å². The molecule has 17 heavy (non-hydrogen) atoms. The van der Waals surface area contributed by atoms with Crippen LogP contribution < -0.4 is 10.5 Å². The molecule has 1 aliphatic rings. The van der Waals surface area contributed by atoms with Gasteiger partial charge in [-0.1, -0.05) is 0 Å². The van der Waals surface area contributed by atoms with Gasteiger partial charge in [0.25, 0.3) is 0 Å². The number of aromatic nitrogens is 1. The van der Waals surface area contributed by atoms with Crippen LogP contribution in [-0.2, 0) is 0 Å². The molecule has 0 unspecified atom stereocenters.